The van der Waals surface area contributed by atoms with Crippen molar-refractivity contribution < 1.29 is 38.7 Å². The standard InChI is InChI=1S/C8H8.2W/c1-3-5-7-8-6-4-2;;/h1,3-5,7-8H,2H2;;/b5-3?,8-7+;;. The van der Waals surface area contributed by atoms with E-state index in [0.29, 0.717) is 0 Å². The first-order chi connectivity index (χ1) is 4.81. The van der Waals surface area contributed by atoms with Gasteiger partial charge >= 0.3 is 84.0 Å². The van der Waals surface area contributed by atoms with Crippen molar-refractivity contribution in [2.45, 2.75) is 0 Å². The molecule has 52 valence electrons. The molecule has 0 radical (unpaired) electrons. The third-order valence-corrected chi connectivity index (χ3v) is 2.41. The Morgan fingerprint density at radius 2 is 1.90 bits per heavy atom. The summed E-state index contributed by atoms with van der Waals surface area (Å²) in [5, 5.41) is 0. The molecule has 0 rings (SSSR count). The first kappa shape index (κ1) is 10.3. The van der Waals surface area contributed by atoms with Crippen LogP contribution in [0.15, 0.2) is 37.0 Å². The van der Waals surface area contributed by atoms with Crippen LogP contribution in [-0.2, 0) is 38.7 Å². The van der Waals surface area contributed by atoms with Crippen LogP contribution in [0, 0.1) is 0 Å². The summed E-state index contributed by atoms with van der Waals surface area (Å²) in [7, 11) is 0. The summed E-state index contributed by atoms with van der Waals surface area (Å²) in [5.41, 5.74) is 0. The fraction of sp³-hybridized carbons (Fsp3) is 0. The molecule has 0 unspecified atom stereocenters. The van der Waals surface area contributed by atoms with Crippen LogP contribution in [0.4, 0.5) is 0 Å². The molecule has 0 amide bonds. The Bertz CT molecular complexity index is 187. The summed E-state index contributed by atoms with van der Waals surface area (Å²) < 4.78 is 3.36. The molecule has 0 spiro atoms. The molecule has 0 aliphatic heterocycles. The van der Waals surface area contributed by atoms with Gasteiger partial charge in [0.1, 0.15) is 0 Å². The van der Waals surface area contributed by atoms with Crippen LogP contribution in [0.3, 0.4) is 0 Å². The summed E-state index contributed by atoms with van der Waals surface area (Å²) in [4.78, 5) is 0. The van der Waals surface area contributed by atoms with Crippen LogP contribution in [0.5, 0.6) is 0 Å². The predicted molar refractivity (Wildman–Crippen MR) is 39.5 cm³/mol. The maximum absolute atomic E-state index is 3.66. The van der Waals surface area contributed by atoms with Gasteiger partial charge in [0, 0.05) is 0 Å². The Balaban J connectivity index is 3.76. The second-order valence-electron chi connectivity index (χ2n) is 1.49. The van der Waals surface area contributed by atoms with Crippen molar-refractivity contribution >= 4 is 8.30 Å². The average Bonchev–Trinajstić information content (AvgIpc) is 1.98. The molecule has 2 heteroatoms. The molecule has 0 aromatic heterocycles. The van der Waals surface area contributed by atoms with Gasteiger partial charge in [-0.15, -0.1) is 0 Å². The Morgan fingerprint density at radius 3 is 2.40 bits per heavy atom. The van der Waals surface area contributed by atoms with Gasteiger partial charge in [0.15, 0.2) is 0 Å². The van der Waals surface area contributed by atoms with Gasteiger partial charge in [-0.05, 0) is 0 Å². The van der Waals surface area contributed by atoms with E-state index < -0.39 is 0 Å². The first-order valence-electron chi connectivity index (χ1n) is 2.76. The molecule has 0 saturated carbocycles. The summed E-state index contributed by atoms with van der Waals surface area (Å²) in [6, 6.07) is 0. The van der Waals surface area contributed by atoms with E-state index in [4.69, 9.17) is 0 Å². The topological polar surface area (TPSA) is 0 Å². The Labute approximate surface area is 83.5 Å². The number of hydrogen-bond donors (Lipinski definition) is 0. The van der Waals surface area contributed by atoms with E-state index in [0.717, 1.165) is 0 Å². The molecule has 0 aromatic rings. The second-order valence-corrected chi connectivity index (χ2v) is 4.16. The Hall–Kier alpha value is 0.337. The molecule has 0 fully saturated rings. The van der Waals surface area contributed by atoms with Crippen molar-refractivity contribution in [3.8, 4) is 0 Å². The molecule has 0 atom stereocenters. The molecule has 0 N–H and O–H groups in total. The first-order valence-corrected chi connectivity index (χ1v) is 5.92. The molecular formula is C8H8W2. The van der Waals surface area contributed by atoms with Gasteiger partial charge in [-0.25, -0.2) is 0 Å². The van der Waals surface area contributed by atoms with Crippen LogP contribution in [0.25, 0.3) is 0 Å². The monoisotopic (exact) mass is 472 g/mol. The molecule has 0 saturated heterocycles. The number of rotatable bonds is 4. The Kier molecular flexibility index (Phi) is 7.69. The van der Waals surface area contributed by atoms with E-state index in [1.165, 1.54) is 42.6 Å². The van der Waals surface area contributed by atoms with Crippen molar-refractivity contribution in [2.75, 3.05) is 0 Å². The molecule has 0 bridgehead atoms. The second kappa shape index (κ2) is 7.44. The van der Waals surface area contributed by atoms with E-state index in [1.54, 1.807) is 0 Å². The van der Waals surface area contributed by atoms with Gasteiger partial charge in [-0.2, -0.15) is 0 Å². The van der Waals surface area contributed by atoms with E-state index in [1.807, 2.05) is 24.3 Å². The zero-order valence-corrected chi connectivity index (χ0v) is 11.4. The van der Waals surface area contributed by atoms with Gasteiger partial charge in [0.2, 0.25) is 0 Å². The van der Waals surface area contributed by atoms with Crippen molar-refractivity contribution in [2.24, 2.45) is 0 Å². The van der Waals surface area contributed by atoms with Crippen molar-refractivity contribution in [1.82, 2.24) is 0 Å². The SMILES string of the molecule is C=C[C](=[W])/C=C/C=C[CH]=[W]. The predicted octanol–water partition coefficient (Wildman–Crippen LogP) is 1.35. The number of hydrogen-bond acceptors (Lipinski definition) is 0. The van der Waals surface area contributed by atoms with Crippen LogP contribution in [-0.4, -0.2) is 8.30 Å². The van der Waals surface area contributed by atoms with E-state index in [9.17, 15) is 0 Å². The fourth-order valence-corrected chi connectivity index (χ4v) is 0.936. The molecule has 0 aliphatic carbocycles. The van der Waals surface area contributed by atoms with Gasteiger partial charge in [-0.1, -0.05) is 0 Å². The normalized spacial score (nSPS) is 10.4. The minimum absolute atomic E-state index is 1.27. The molecular weight excluding hydrogens is 464 g/mol. The molecule has 0 aliphatic rings. The van der Waals surface area contributed by atoms with Gasteiger partial charge in [-0.3, -0.25) is 0 Å². The summed E-state index contributed by atoms with van der Waals surface area (Å²) in [6.07, 6.45) is 10.0. The summed E-state index contributed by atoms with van der Waals surface area (Å²) in [6.45, 7) is 3.66. The third-order valence-electron chi connectivity index (χ3n) is 0.762. The molecule has 0 aromatic carbocycles. The van der Waals surface area contributed by atoms with E-state index in [-0.39, 0.29) is 0 Å². The van der Waals surface area contributed by atoms with Crippen molar-refractivity contribution in [3.05, 3.63) is 37.0 Å². The summed E-state index contributed by atoms with van der Waals surface area (Å²) >= 11 is 2.94. The quantitative estimate of drug-likeness (QED) is 0.543. The van der Waals surface area contributed by atoms with Crippen LogP contribution in [0.1, 0.15) is 0 Å². The summed E-state index contributed by atoms with van der Waals surface area (Å²) in [5.74, 6) is 0. The minimum atomic E-state index is 1.27. The third kappa shape index (κ3) is 6.46. The number of allylic oxidation sites excluding steroid dienone is 5. The zero-order chi connectivity index (χ0) is 7.82. The average molecular weight is 472 g/mol. The van der Waals surface area contributed by atoms with Crippen molar-refractivity contribution in [1.29, 1.82) is 0 Å². The zero-order valence-electron chi connectivity index (χ0n) is 5.49. The van der Waals surface area contributed by atoms with Crippen molar-refractivity contribution in [3.63, 3.8) is 0 Å². The van der Waals surface area contributed by atoms with Crippen LogP contribution >= 0.6 is 0 Å². The van der Waals surface area contributed by atoms with E-state index >= 15 is 0 Å². The Morgan fingerprint density at radius 1 is 1.20 bits per heavy atom. The van der Waals surface area contributed by atoms with Gasteiger partial charge < -0.3 is 0 Å². The maximum atomic E-state index is 3.66. The van der Waals surface area contributed by atoms with Crippen LogP contribution < -0.4 is 0 Å². The van der Waals surface area contributed by atoms with Gasteiger partial charge in [0.25, 0.3) is 0 Å². The molecule has 0 nitrogen and oxygen atoms in total. The fourth-order valence-electron chi connectivity index (χ4n) is 0.328. The van der Waals surface area contributed by atoms with E-state index in [2.05, 4.69) is 17.1 Å². The molecule has 10 heavy (non-hydrogen) atoms. The van der Waals surface area contributed by atoms with Crippen LogP contribution in [0.2, 0.25) is 0 Å². The molecule has 0 heterocycles. The van der Waals surface area contributed by atoms with Gasteiger partial charge in [0.05, 0.1) is 0 Å².